The summed E-state index contributed by atoms with van der Waals surface area (Å²) in [5.41, 5.74) is 4.56. The molecule has 1 aromatic carbocycles. The number of nitrogens with zero attached hydrogens (tertiary/aromatic N) is 5. The molecule has 2 aliphatic heterocycles. The zero-order valence-corrected chi connectivity index (χ0v) is 18.7. The van der Waals surface area contributed by atoms with Gasteiger partial charge in [0.15, 0.2) is 5.69 Å². The molecule has 7 nitrogen and oxygen atoms in total. The van der Waals surface area contributed by atoms with E-state index >= 15 is 0 Å². The van der Waals surface area contributed by atoms with Gasteiger partial charge in [-0.25, -0.2) is 4.98 Å². The summed E-state index contributed by atoms with van der Waals surface area (Å²) < 4.78 is 1.94. The number of imidazole rings is 1. The number of hydrogen-bond donors (Lipinski definition) is 0. The van der Waals surface area contributed by atoms with Gasteiger partial charge in [0.1, 0.15) is 5.65 Å². The molecule has 4 heterocycles. The van der Waals surface area contributed by atoms with Gasteiger partial charge in [0.2, 0.25) is 6.41 Å². The summed E-state index contributed by atoms with van der Waals surface area (Å²) >= 11 is 6.29. The third kappa shape index (κ3) is 4.10. The molecular formula is C24H26ClN5O2. The molecule has 0 N–H and O–H groups in total. The van der Waals surface area contributed by atoms with Crippen LogP contribution >= 0.6 is 11.6 Å². The third-order valence-electron chi connectivity index (χ3n) is 6.45. The zero-order chi connectivity index (χ0) is 22.1. The van der Waals surface area contributed by atoms with E-state index in [0.717, 1.165) is 50.2 Å². The summed E-state index contributed by atoms with van der Waals surface area (Å²) in [6.45, 7) is 4.94. The second-order valence-electron chi connectivity index (χ2n) is 8.50. The molecule has 0 unspecified atom stereocenters. The maximum Gasteiger partial charge on any atom is 0.274 e. The van der Waals surface area contributed by atoms with Crippen LogP contribution in [0.4, 0.5) is 0 Å². The molecule has 3 aromatic rings. The number of rotatable bonds is 4. The lowest BCUT2D eigenvalue weighted by molar-refractivity contribution is -0.118. The first kappa shape index (κ1) is 21.0. The number of carbonyl (C=O) groups is 2. The van der Waals surface area contributed by atoms with Gasteiger partial charge in [0, 0.05) is 52.0 Å². The van der Waals surface area contributed by atoms with E-state index in [1.54, 1.807) is 6.07 Å². The Bertz CT molecular complexity index is 1160. The van der Waals surface area contributed by atoms with Gasteiger partial charge in [-0.05, 0) is 36.1 Å². The summed E-state index contributed by atoms with van der Waals surface area (Å²) in [5, 5.41) is 0.602. The van der Waals surface area contributed by atoms with Gasteiger partial charge < -0.3 is 14.2 Å². The highest BCUT2D eigenvalue weighted by atomic mass is 35.5. The predicted molar refractivity (Wildman–Crippen MR) is 123 cm³/mol. The molecule has 0 aliphatic carbocycles. The molecule has 0 radical (unpaired) electrons. The molecule has 0 saturated carbocycles. The van der Waals surface area contributed by atoms with E-state index in [1.807, 2.05) is 38.6 Å². The van der Waals surface area contributed by atoms with Crippen LogP contribution in [0.15, 0.2) is 42.6 Å². The van der Waals surface area contributed by atoms with Crippen LogP contribution in [0.1, 0.15) is 33.7 Å². The number of halogens is 1. The van der Waals surface area contributed by atoms with Gasteiger partial charge >= 0.3 is 0 Å². The monoisotopic (exact) mass is 451 g/mol. The summed E-state index contributed by atoms with van der Waals surface area (Å²) in [6, 6.07) is 11.9. The first-order chi connectivity index (χ1) is 15.6. The predicted octanol–water partition coefficient (Wildman–Crippen LogP) is 2.85. The Kier molecular flexibility index (Phi) is 5.85. The highest BCUT2D eigenvalue weighted by Crippen LogP contribution is 2.24. The number of amides is 2. The Morgan fingerprint density at radius 2 is 1.88 bits per heavy atom. The van der Waals surface area contributed by atoms with Crippen LogP contribution in [0.2, 0.25) is 5.02 Å². The maximum atomic E-state index is 13.6. The highest BCUT2D eigenvalue weighted by Gasteiger charge is 2.28. The van der Waals surface area contributed by atoms with Crippen LogP contribution in [0.3, 0.4) is 0 Å². The van der Waals surface area contributed by atoms with E-state index in [2.05, 4.69) is 17.0 Å². The van der Waals surface area contributed by atoms with E-state index in [9.17, 15) is 9.59 Å². The van der Waals surface area contributed by atoms with Gasteiger partial charge in [-0.3, -0.25) is 14.5 Å². The van der Waals surface area contributed by atoms with Crippen molar-refractivity contribution in [2.75, 3.05) is 32.7 Å². The van der Waals surface area contributed by atoms with Crippen molar-refractivity contribution < 1.29 is 9.59 Å². The minimum atomic E-state index is -0.0429. The molecule has 5 rings (SSSR count). The topological polar surface area (TPSA) is 61.2 Å². The fourth-order valence-corrected chi connectivity index (χ4v) is 4.84. The van der Waals surface area contributed by atoms with Crippen molar-refractivity contribution >= 4 is 29.6 Å². The fourth-order valence-electron chi connectivity index (χ4n) is 4.67. The van der Waals surface area contributed by atoms with Gasteiger partial charge in [0.05, 0.1) is 10.7 Å². The second-order valence-corrected chi connectivity index (χ2v) is 8.94. The van der Waals surface area contributed by atoms with Gasteiger partial charge in [0.25, 0.3) is 5.91 Å². The van der Waals surface area contributed by atoms with Crippen molar-refractivity contribution in [2.45, 2.75) is 25.9 Å². The quantitative estimate of drug-likeness (QED) is 0.572. The van der Waals surface area contributed by atoms with Crippen molar-refractivity contribution in [1.29, 1.82) is 0 Å². The van der Waals surface area contributed by atoms with Gasteiger partial charge in [-0.15, -0.1) is 0 Å². The number of fused-ring (bicyclic) bond motifs is 2. The average molecular weight is 452 g/mol. The van der Waals surface area contributed by atoms with E-state index in [-0.39, 0.29) is 5.91 Å². The lowest BCUT2D eigenvalue weighted by atomic mass is 9.99. The summed E-state index contributed by atoms with van der Waals surface area (Å²) in [4.78, 5) is 35.5. The molecule has 166 valence electrons. The smallest absolute Gasteiger partial charge is 0.274 e. The minimum absolute atomic E-state index is 0.0429. The van der Waals surface area contributed by atoms with E-state index in [4.69, 9.17) is 16.6 Å². The van der Waals surface area contributed by atoms with E-state index in [1.165, 1.54) is 11.1 Å². The standard InChI is InChI=1S/C24H26ClN5O2/c25-20-6-7-22-26-23(24(32)29-11-8-18-4-1-2-5-19(18)14-29)21(30(22)15-20)16-27-9-3-10-28(17-31)13-12-27/h1-2,4-7,15,17H,3,8-14,16H2. The molecular weight excluding hydrogens is 426 g/mol. The Morgan fingerprint density at radius 3 is 2.72 bits per heavy atom. The van der Waals surface area contributed by atoms with Crippen LogP contribution in [-0.2, 0) is 24.3 Å². The first-order valence-electron chi connectivity index (χ1n) is 11.1. The molecule has 32 heavy (non-hydrogen) atoms. The second kappa shape index (κ2) is 8.92. The number of benzene rings is 1. The fraction of sp³-hybridized carbons (Fsp3) is 0.375. The summed E-state index contributed by atoms with van der Waals surface area (Å²) in [6.07, 6.45) is 4.50. The van der Waals surface area contributed by atoms with Crippen molar-refractivity contribution in [3.63, 3.8) is 0 Å². The maximum absolute atomic E-state index is 13.6. The Labute approximate surface area is 192 Å². The lowest BCUT2D eigenvalue weighted by Gasteiger charge is -2.29. The third-order valence-corrected chi connectivity index (χ3v) is 6.67. The van der Waals surface area contributed by atoms with Crippen molar-refractivity contribution in [1.82, 2.24) is 24.1 Å². The SMILES string of the molecule is O=CN1CCCN(Cc2c(C(=O)N3CCc4ccccc4C3)nc3ccc(Cl)cn23)CC1. The molecule has 0 bridgehead atoms. The minimum Gasteiger partial charge on any atom is -0.344 e. The van der Waals surface area contributed by atoms with Crippen LogP contribution < -0.4 is 0 Å². The van der Waals surface area contributed by atoms with Gasteiger partial charge in [-0.2, -0.15) is 0 Å². The van der Waals surface area contributed by atoms with Crippen LogP contribution in [-0.4, -0.2) is 69.1 Å². The normalized spacial score (nSPS) is 17.3. The lowest BCUT2D eigenvalue weighted by Crippen LogP contribution is -2.37. The van der Waals surface area contributed by atoms with Crippen LogP contribution in [0, 0.1) is 0 Å². The Hall–Kier alpha value is -2.90. The number of hydrogen-bond acceptors (Lipinski definition) is 4. The van der Waals surface area contributed by atoms with Crippen molar-refractivity contribution in [3.05, 3.63) is 70.1 Å². The molecule has 0 atom stereocenters. The van der Waals surface area contributed by atoms with Crippen LogP contribution in [0.5, 0.6) is 0 Å². The van der Waals surface area contributed by atoms with Gasteiger partial charge in [-0.1, -0.05) is 35.9 Å². The van der Waals surface area contributed by atoms with E-state index in [0.29, 0.717) is 36.9 Å². The molecule has 2 amide bonds. The Morgan fingerprint density at radius 1 is 1.03 bits per heavy atom. The Balaban J connectivity index is 1.46. The molecule has 8 heteroatoms. The molecule has 2 aromatic heterocycles. The number of pyridine rings is 1. The highest BCUT2D eigenvalue weighted by molar-refractivity contribution is 6.30. The largest absolute Gasteiger partial charge is 0.344 e. The molecule has 0 spiro atoms. The first-order valence-corrected chi connectivity index (χ1v) is 11.4. The molecule has 1 saturated heterocycles. The number of aromatic nitrogens is 2. The summed E-state index contributed by atoms with van der Waals surface area (Å²) in [5.74, 6) is -0.0429. The molecule has 2 aliphatic rings. The van der Waals surface area contributed by atoms with E-state index < -0.39 is 0 Å². The van der Waals surface area contributed by atoms with Crippen molar-refractivity contribution in [3.8, 4) is 0 Å². The zero-order valence-electron chi connectivity index (χ0n) is 17.9. The average Bonchev–Trinajstić information content (AvgIpc) is 3.00. The van der Waals surface area contributed by atoms with Crippen LogP contribution in [0.25, 0.3) is 5.65 Å². The van der Waals surface area contributed by atoms with Crippen molar-refractivity contribution in [2.24, 2.45) is 0 Å². The number of carbonyl (C=O) groups excluding carboxylic acids is 2. The summed E-state index contributed by atoms with van der Waals surface area (Å²) in [7, 11) is 0. The molecule has 1 fully saturated rings.